The average molecular weight is 326 g/mol. The molecule has 1 N–H and O–H groups in total. The van der Waals surface area contributed by atoms with E-state index >= 15 is 0 Å². The van der Waals surface area contributed by atoms with Crippen molar-refractivity contribution in [3.05, 3.63) is 53.9 Å². The summed E-state index contributed by atoms with van der Waals surface area (Å²) < 4.78 is 0. The zero-order chi connectivity index (χ0) is 17.6. The molecular weight excluding hydrogens is 300 g/mol. The highest BCUT2D eigenvalue weighted by Gasteiger charge is 2.23. The summed E-state index contributed by atoms with van der Waals surface area (Å²) in [6.07, 6.45) is 9.17. The Morgan fingerprint density at radius 2 is 2.04 bits per heavy atom. The second kappa shape index (κ2) is 7.99. The molecule has 2 heterocycles. The van der Waals surface area contributed by atoms with E-state index in [1.54, 1.807) is 12.4 Å². The Hall–Kier alpha value is -2.30. The predicted octanol–water partition coefficient (Wildman–Crippen LogP) is 3.73. The molecule has 24 heavy (non-hydrogen) atoms. The molecule has 0 aliphatic heterocycles. The van der Waals surface area contributed by atoms with Gasteiger partial charge in [0, 0.05) is 18.6 Å². The highest BCUT2D eigenvalue weighted by molar-refractivity contribution is 5.95. The molecule has 0 unspecified atom stereocenters. The number of aryl methyl sites for hydroxylation is 1. The van der Waals surface area contributed by atoms with E-state index in [-0.39, 0.29) is 17.4 Å². The van der Waals surface area contributed by atoms with Gasteiger partial charge in [0.15, 0.2) is 0 Å². The van der Waals surface area contributed by atoms with Crippen molar-refractivity contribution in [2.45, 2.75) is 53.0 Å². The number of nitrogens with one attached hydrogen (secondary N) is 1. The normalized spacial score (nSPS) is 12.7. The number of hydrogen-bond donors (Lipinski definition) is 1. The topological polar surface area (TPSA) is 67.8 Å². The Kier molecular flexibility index (Phi) is 6.01. The monoisotopic (exact) mass is 326 g/mol. The minimum Gasteiger partial charge on any atom is -0.345 e. The molecule has 0 radical (unpaired) electrons. The van der Waals surface area contributed by atoms with Gasteiger partial charge < -0.3 is 5.32 Å². The molecule has 0 bridgehead atoms. The first kappa shape index (κ1) is 18.0. The maximum atomic E-state index is 12.8. The van der Waals surface area contributed by atoms with Gasteiger partial charge in [0.1, 0.15) is 6.33 Å². The lowest BCUT2D eigenvalue weighted by Crippen LogP contribution is -2.32. The summed E-state index contributed by atoms with van der Waals surface area (Å²) in [5.74, 6) is -0.128. The second-order valence-corrected chi connectivity index (χ2v) is 7.21. The third-order valence-corrected chi connectivity index (χ3v) is 3.73. The van der Waals surface area contributed by atoms with Gasteiger partial charge in [-0.2, -0.15) is 0 Å². The summed E-state index contributed by atoms with van der Waals surface area (Å²) in [5.41, 5.74) is 2.44. The van der Waals surface area contributed by atoms with Crippen molar-refractivity contribution in [2.75, 3.05) is 0 Å². The van der Waals surface area contributed by atoms with Crippen LogP contribution in [0.3, 0.4) is 0 Å². The van der Waals surface area contributed by atoms with Gasteiger partial charge in [-0.1, -0.05) is 40.2 Å². The van der Waals surface area contributed by atoms with Crippen LogP contribution in [0.25, 0.3) is 0 Å². The van der Waals surface area contributed by atoms with Crippen LogP contribution in [0, 0.1) is 5.41 Å². The summed E-state index contributed by atoms with van der Waals surface area (Å²) in [4.78, 5) is 25.3. The van der Waals surface area contributed by atoms with Gasteiger partial charge in [0.05, 0.1) is 17.3 Å². The number of carbonyl (C=O) groups excluding carboxylic acids is 1. The van der Waals surface area contributed by atoms with Crippen LogP contribution >= 0.6 is 0 Å². The summed E-state index contributed by atoms with van der Waals surface area (Å²) >= 11 is 0. The van der Waals surface area contributed by atoms with Crippen molar-refractivity contribution in [1.82, 2.24) is 20.3 Å². The van der Waals surface area contributed by atoms with E-state index in [1.807, 2.05) is 18.3 Å². The first-order valence-corrected chi connectivity index (χ1v) is 8.40. The van der Waals surface area contributed by atoms with Crippen LogP contribution in [0.15, 0.2) is 37.1 Å². The third-order valence-electron chi connectivity index (χ3n) is 3.73. The fourth-order valence-electron chi connectivity index (χ4n) is 2.66. The van der Waals surface area contributed by atoms with E-state index in [0.29, 0.717) is 5.56 Å². The molecule has 0 spiro atoms. The first-order valence-electron chi connectivity index (χ1n) is 8.40. The van der Waals surface area contributed by atoms with Gasteiger partial charge in [-0.15, -0.1) is 0 Å². The summed E-state index contributed by atoms with van der Waals surface area (Å²) in [5, 5.41) is 3.15. The molecule has 128 valence electrons. The van der Waals surface area contributed by atoms with Gasteiger partial charge in [0.2, 0.25) is 0 Å². The van der Waals surface area contributed by atoms with E-state index in [1.165, 1.54) is 6.33 Å². The van der Waals surface area contributed by atoms with Crippen molar-refractivity contribution in [2.24, 2.45) is 5.41 Å². The molecule has 2 aromatic heterocycles. The predicted molar refractivity (Wildman–Crippen MR) is 94.5 cm³/mol. The largest absolute Gasteiger partial charge is 0.345 e. The lowest BCUT2D eigenvalue weighted by Gasteiger charge is -2.27. The van der Waals surface area contributed by atoms with Crippen molar-refractivity contribution in [3.8, 4) is 0 Å². The second-order valence-electron chi connectivity index (χ2n) is 7.21. The Labute approximate surface area is 144 Å². The number of carbonyl (C=O) groups is 1. The Morgan fingerprint density at radius 1 is 1.25 bits per heavy atom. The van der Waals surface area contributed by atoms with Crippen LogP contribution in [-0.2, 0) is 6.42 Å². The lowest BCUT2D eigenvalue weighted by molar-refractivity contribution is 0.0924. The van der Waals surface area contributed by atoms with Crippen LogP contribution < -0.4 is 5.32 Å². The van der Waals surface area contributed by atoms with E-state index in [9.17, 15) is 4.79 Å². The molecule has 2 aromatic rings. The van der Waals surface area contributed by atoms with Crippen molar-refractivity contribution in [3.63, 3.8) is 0 Å². The van der Waals surface area contributed by atoms with Gasteiger partial charge >= 0.3 is 0 Å². The highest BCUT2D eigenvalue weighted by atomic mass is 16.1. The molecule has 0 aliphatic carbocycles. The van der Waals surface area contributed by atoms with Crippen molar-refractivity contribution < 1.29 is 4.79 Å². The fraction of sp³-hybridized carbons (Fsp3) is 0.474. The summed E-state index contributed by atoms with van der Waals surface area (Å²) in [6.45, 7) is 8.56. The van der Waals surface area contributed by atoms with Gasteiger partial charge in [-0.05, 0) is 29.9 Å². The van der Waals surface area contributed by atoms with Gasteiger partial charge in [0.25, 0.3) is 5.91 Å². The summed E-state index contributed by atoms with van der Waals surface area (Å²) in [7, 11) is 0. The van der Waals surface area contributed by atoms with Crippen LogP contribution in [0.2, 0.25) is 0 Å². The quantitative estimate of drug-likeness (QED) is 0.878. The number of nitrogens with zero attached hydrogens (tertiary/aromatic N) is 3. The molecule has 1 amide bonds. The van der Waals surface area contributed by atoms with Crippen LogP contribution in [-0.4, -0.2) is 20.9 Å². The minimum absolute atomic E-state index is 0.0766. The fourth-order valence-corrected chi connectivity index (χ4v) is 2.66. The Bertz CT molecular complexity index is 665. The average Bonchev–Trinajstić information content (AvgIpc) is 2.54. The molecule has 1 atom stereocenters. The standard InChI is InChI=1S/C19H26N4O/c1-5-7-16-15(12-21-13-22-16)18(24)23-17(10-19(2,3)4)14-8-6-9-20-11-14/h6,8-9,11-13,17H,5,7,10H2,1-4H3,(H,23,24)/t17-/m0/s1. The third kappa shape index (κ3) is 5.11. The maximum Gasteiger partial charge on any atom is 0.255 e. The smallest absolute Gasteiger partial charge is 0.255 e. The molecule has 0 fully saturated rings. The molecule has 0 saturated heterocycles. The van der Waals surface area contributed by atoms with E-state index in [4.69, 9.17) is 0 Å². The van der Waals surface area contributed by atoms with Crippen LogP contribution in [0.4, 0.5) is 0 Å². The molecule has 0 saturated carbocycles. The lowest BCUT2D eigenvalue weighted by atomic mass is 9.85. The number of aromatic nitrogens is 3. The van der Waals surface area contributed by atoms with Crippen LogP contribution in [0.1, 0.15) is 68.2 Å². The van der Waals surface area contributed by atoms with Gasteiger partial charge in [-0.3, -0.25) is 9.78 Å². The number of hydrogen-bond acceptors (Lipinski definition) is 4. The zero-order valence-electron chi connectivity index (χ0n) is 14.9. The molecular formula is C19H26N4O. The molecule has 0 aromatic carbocycles. The van der Waals surface area contributed by atoms with E-state index < -0.39 is 0 Å². The van der Waals surface area contributed by atoms with Crippen LogP contribution in [0.5, 0.6) is 0 Å². The molecule has 5 nitrogen and oxygen atoms in total. The Morgan fingerprint density at radius 3 is 2.67 bits per heavy atom. The van der Waals surface area contributed by atoms with E-state index in [2.05, 4.69) is 48.0 Å². The number of amides is 1. The Balaban J connectivity index is 2.25. The molecule has 0 aliphatic rings. The van der Waals surface area contributed by atoms with Crippen molar-refractivity contribution >= 4 is 5.91 Å². The number of pyridine rings is 1. The SMILES string of the molecule is CCCc1ncncc1C(=O)N[C@@H](CC(C)(C)C)c1cccnc1. The minimum atomic E-state index is -0.128. The molecule has 2 rings (SSSR count). The molecule has 5 heteroatoms. The van der Waals surface area contributed by atoms with E-state index in [0.717, 1.165) is 30.5 Å². The maximum absolute atomic E-state index is 12.8. The first-order chi connectivity index (χ1) is 11.4. The zero-order valence-corrected chi connectivity index (χ0v) is 14.9. The van der Waals surface area contributed by atoms with Gasteiger partial charge in [-0.25, -0.2) is 9.97 Å². The van der Waals surface area contributed by atoms with Crippen molar-refractivity contribution in [1.29, 1.82) is 0 Å². The highest BCUT2D eigenvalue weighted by Crippen LogP contribution is 2.29. The summed E-state index contributed by atoms with van der Waals surface area (Å²) in [6, 6.07) is 3.80. The number of rotatable bonds is 6.